The summed E-state index contributed by atoms with van der Waals surface area (Å²) in [5.74, 6) is -7.99. The number of rotatable bonds is 15. The Morgan fingerprint density at radius 2 is 1.28 bits per heavy atom. The van der Waals surface area contributed by atoms with Crippen molar-refractivity contribution in [2.75, 3.05) is 19.8 Å². The van der Waals surface area contributed by atoms with Crippen molar-refractivity contribution in [3.63, 3.8) is 0 Å². The first-order valence-electron chi connectivity index (χ1n) is 25.8. The molecular weight excluding hydrogens is 1000 g/mol. The number of esters is 5. The average molecular weight is 1060 g/mol. The van der Waals surface area contributed by atoms with Gasteiger partial charge in [-0.15, -0.1) is 0 Å². The Hall–Kier alpha value is -8.15. The minimum absolute atomic E-state index is 0.00766. The topological polar surface area (TPSA) is 218 Å². The van der Waals surface area contributed by atoms with Gasteiger partial charge in [-0.3, -0.25) is 9.59 Å². The van der Waals surface area contributed by atoms with Crippen LogP contribution in [0.2, 0.25) is 0 Å². The van der Waals surface area contributed by atoms with Gasteiger partial charge in [0.2, 0.25) is 17.8 Å². The van der Waals surface area contributed by atoms with Gasteiger partial charge in [0.05, 0.1) is 23.5 Å². The van der Waals surface area contributed by atoms with E-state index in [0.29, 0.717) is 22.6 Å². The van der Waals surface area contributed by atoms with Crippen LogP contribution in [0.3, 0.4) is 0 Å². The van der Waals surface area contributed by atoms with E-state index in [2.05, 4.69) is 0 Å². The number of Topliss-reactive ketones (excluding diaryl/α,β-unsaturated/α-hetero) is 1. The smallest absolute Gasteiger partial charge is 0.350 e. The van der Waals surface area contributed by atoms with Gasteiger partial charge in [-0.05, 0) is 66.6 Å². The molecule has 0 amide bonds. The summed E-state index contributed by atoms with van der Waals surface area (Å²) in [5, 5.41) is 14.3. The molecule has 17 nitrogen and oxygen atoms in total. The number of ether oxygens (including phenoxy) is 9. The Morgan fingerprint density at radius 1 is 0.718 bits per heavy atom. The third kappa shape index (κ3) is 9.69. The summed E-state index contributed by atoms with van der Waals surface area (Å²) in [6, 6.07) is 42.1. The maximum atomic E-state index is 16.6. The highest BCUT2D eigenvalue weighted by atomic mass is 16.6. The number of carbonyl (C=O) groups excluding carboxylic acids is 6. The van der Waals surface area contributed by atoms with Crippen molar-refractivity contribution >= 4 is 41.5 Å². The van der Waals surface area contributed by atoms with Crippen LogP contribution in [0.1, 0.15) is 75.0 Å². The van der Waals surface area contributed by atoms with E-state index in [1.165, 1.54) is 26.0 Å². The summed E-state index contributed by atoms with van der Waals surface area (Å²) in [5.41, 5.74) is -6.99. The van der Waals surface area contributed by atoms with E-state index in [-0.39, 0.29) is 30.1 Å². The maximum absolute atomic E-state index is 16.6. The van der Waals surface area contributed by atoms with Gasteiger partial charge in [-0.1, -0.05) is 124 Å². The molecule has 11 atom stereocenters. The lowest BCUT2D eigenvalue weighted by Crippen LogP contribution is -2.81. The van der Waals surface area contributed by atoms with Crippen molar-refractivity contribution in [3.05, 3.63) is 180 Å². The van der Waals surface area contributed by atoms with Crippen molar-refractivity contribution in [2.45, 2.75) is 95.2 Å². The third-order valence-corrected chi connectivity index (χ3v) is 16.0. The molecule has 0 aromatic heterocycles. The van der Waals surface area contributed by atoms with E-state index in [9.17, 15) is 24.3 Å². The molecule has 3 aliphatic carbocycles. The highest BCUT2D eigenvalue weighted by molar-refractivity contribution is 6.03. The normalized spacial score (nSPS) is 29.5. The molecule has 2 heterocycles. The molecular formula is C61H59NO16. The fraction of sp³-hybridized carbons (Fsp3) is 0.361. The van der Waals surface area contributed by atoms with Gasteiger partial charge in [-0.2, -0.15) is 0 Å². The van der Waals surface area contributed by atoms with Crippen LogP contribution in [-0.2, 0) is 57.1 Å². The Balaban J connectivity index is 1.14. The van der Waals surface area contributed by atoms with Crippen molar-refractivity contribution < 1.29 is 76.5 Å². The Labute approximate surface area is 450 Å². The number of ketones is 1. The lowest BCUT2D eigenvalue weighted by atomic mass is 9.45. The number of aliphatic imine (C=N–C) groups is 1. The highest BCUT2D eigenvalue weighted by Gasteiger charge is 2.79. The molecule has 2 aliphatic heterocycles. The molecule has 0 radical (unpaired) electrons. The van der Waals surface area contributed by atoms with E-state index in [4.69, 9.17) is 47.6 Å². The van der Waals surface area contributed by atoms with Gasteiger partial charge in [0.25, 0.3) is 0 Å². The molecule has 1 saturated heterocycles. The predicted molar refractivity (Wildman–Crippen MR) is 277 cm³/mol. The zero-order chi connectivity index (χ0) is 55.0. The lowest BCUT2D eigenvalue weighted by Gasteiger charge is -2.67. The van der Waals surface area contributed by atoms with E-state index in [0.717, 1.165) is 0 Å². The Kier molecular flexibility index (Phi) is 14.6. The van der Waals surface area contributed by atoms with Crippen LogP contribution in [0.4, 0.5) is 0 Å². The molecule has 10 rings (SSSR count). The summed E-state index contributed by atoms with van der Waals surface area (Å²) in [7, 11) is 0. The number of benzene rings is 5. The van der Waals surface area contributed by atoms with Crippen molar-refractivity contribution in [3.8, 4) is 11.5 Å². The van der Waals surface area contributed by atoms with Gasteiger partial charge in [0.15, 0.2) is 24.6 Å². The second-order valence-electron chi connectivity index (χ2n) is 21.0. The fourth-order valence-electron chi connectivity index (χ4n) is 12.1. The SMILES string of the molecule is CC(=O)O[C@@]12CO[C@@H]1C[C@H](OC(=O)COc1ccccc1)[C@@]1(C)C(=O)C(OC(=O)COc3ccccc3)=C3C(C)C(OC(=O)[C@@H]4OC(c5ccccc5)=N[C@H]4c4ccccc4)C[C@@](O)([C@@H](OC(=O)c4ccccc4)[C@H]21)C3(C)C. The summed E-state index contributed by atoms with van der Waals surface area (Å²) >= 11 is 0. The molecule has 17 heteroatoms. The number of hydrogen-bond donors (Lipinski definition) is 1. The molecule has 404 valence electrons. The van der Waals surface area contributed by atoms with Crippen molar-refractivity contribution in [1.29, 1.82) is 0 Å². The minimum Gasteiger partial charge on any atom is -0.482 e. The minimum atomic E-state index is -2.45. The molecule has 5 aliphatic rings. The van der Waals surface area contributed by atoms with Gasteiger partial charge in [0.1, 0.15) is 47.6 Å². The van der Waals surface area contributed by atoms with Gasteiger partial charge >= 0.3 is 29.8 Å². The van der Waals surface area contributed by atoms with Crippen LogP contribution >= 0.6 is 0 Å². The first kappa shape index (κ1) is 53.3. The van der Waals surface area contributed by atoms with Crippen LogP contribution in [0.25, 0.3) is 0 Å². The molecule has 2 saturated carbocycles. The second kappa shape index (κ2) is 21.3. The average Bonchev–Trinajstić information content (AvgIpc) is 2.15. The van der Waals surface area contributed by atoms with Crippen LogP contribution in [-0.4, -0.2) is 108 Å². The number of hydrogen-bond acceptors (Lipinski definition) is 17. The first-order chi connectivity index (χ1) is 37.4. The molecule has 3 fully saturated rings. The van der Waals surface area contributed by atoms with E-state index >= 15 is 9.59 Å². The van der Waals surface area contributed by atoms with Crippen molar-refractivity contribution in [1.82, 2.24) is 0 Å². The van der Waals surface area contributed by atoms with E-state index in [1.807, 2.05) is 24.3 Å². The number of allylic oxidation sites excluding steroid dienone is 1. The summed E-state index contributed by atoms with van der Waals surface area (Å²) in [4.78, 5) is 93.5. The Bertz CT molecular complexity index is 3130. The monoisotopic (exact) mass is 1060 g/mol. The maximum Gasteiger partial charge on any atom is 0.350 e. The quantitative estimate of drug-likeness (QED) is 0.0785. The largest absolute Gasteiger partial charge is 0.482 e. The van der Waals surface area contributed by atoms with E-state index < -0.39 is 131 Å². The molecule has 2 bridgehead atoms. The fourth-order valence-corrected chi connectivity index (χ4v) is 12.1. The number of carbonyl (C=O) groups is 6. The molecule has 78 heavy (non-hydrogen) atoms. The number of para-hydroxylation sites is 2. The molecule has 5 aromatic rings. The number of nitrogens with zero attached hydrogens (tertiary/aromatic N) is 1. The second-order valence-corrected chi connectivity index (χ2v) is 21.0. The standard InChI is InChI=1S/C61H59NO16/c1-36-43(73-57(68)51-49(38-21-11-6-12-22-38)62-55(76-51)39-23-13-7-14-24-39)32-61(69)54(77-56(67)40-25-15-8-16-26-40)52-59(5,53(66)50(48(36)58(61,3)4)75-47(65)34-71-42-29-19-10-20-30-42)44(31-45-60(52,35-72-45)78-37(2)63)74-46(64)33-70-41-27-17-9-18-28-41/h6-30,36,43-45,49,51-52,54,69H,31-35H2,1-5H3/t36?,43?,44-,45+,49-,51+,52-,54-,59+,60-,61+/m0/s1. The molecule has 2 unspecified atom stereocenters. The zero-order valence-corrected chi connectivity index (χ0v) is 43.6. The summed E-state index contributed by atoms with van der Waals surface area (Å²) in [6.45, 7) is 5.79. The molecule has 5 aromatic carbocycles. The van der Waals surface area contributed by atoms with Crippen molar-refractivity contribution in [2.24, 2.45) is 27.7 Å². The predicted octanol–water partition coefficient (Wildman–Crippen LogP) is 7.68. The first-order valence-corrected chi connectivity index (χ1v) is 25.8. The molecule has 0 spiro atoms. The van der Waals surface area contributed by atoms with Crippen LogP contribution in [0.15, 0.2) is 168 Å². The summed E-state index contributed by atoms with van der Waals surface area (Å²) < 4.78 is 56.3. The lowest BCUT2D eigenvalue weighted by molar-refractivity contribution is -0.346. The van der Waals surface area contributed by atoms with Crippen LogP contribution in [0.5, 0.6) is 11.5 Å². The van der Waals surface area contributed by atoms with Gasteiger partial charge in [-0.25, -0.2) is 24.2 Å². The highest BCUT2D eigenvalue weighted by Crippen LogP contribution is 2.65. The van der Waals surface area contributed by atoms with Crippen LogP contribution < -0.4 is 9.47 Å². The van der Waals surface area contributed by atoms with Crippen LogP contribution in [0, 0.1) is 22.7 Å². The van der Waals surface area contributed by atoms with E-state index in [1.54, 1.807) is 136 Å². The summed E-state index contributed by atoms with van der Waals surface area (Å²) in [6.07, 6.45) is -8.03. The third-order valence-electron chi connectivity index (χ3n) is 16.0. The number of fused-ring (bicyclic) bond motifs is 5. The zero-order valence-electron chi connectivity index (χ0n) is 43.6. The molecule has 1 N–H and O–H groups in total. The Morgan fingerprint density at radius 3 is 1.86 bits per heavy atom. The van der Waals surface area contributed by atoms with Gasteiger partial charge < -0.3 is 47.7 Å². The number of aliphatic hydroxyl groups is 1. The van der Waals surface area contributed by atoms with Gasteiger partial charge in [0, 0.05) is 36.7 Å².